The molecule has 2 aliphatic rings. The van der Waals surface area contributed by atoms with Crippen LogP contribution in [0.4, 0.5) is 0 Å². The van der Waals surface area contributed by atoms with Crippen LogP contribution >= 0.6 is 0 Å². The highest BCUT2D eigenvalue weighted by molar-refractivity contribution is 5.79. The summed E-state index contributed by atoms with van der Waals surface area (Å²) < 4.78 is 4.98. The molecule has 17 heavy (non-hydrogen) atoms. The summed E-state index contributed by atoms with van der Waals surface area (Å²) in [5.41, 5.74) is 2.69. The van der Waals surface area contributed by atoms with E-state index >= 15 is 0 Å². The summed E-state index contributed by atoms with van der Waals surface area (Å²) in [6.45, 7) is 5.54. The van der Waals surface area contributed by atoms with Crippen LogP contribution in [0.15, 0.2) is 4.99 Å². The van der Waals surface area contributed by atoms with Gasteiger partial charge >= 0.3 is 0 Å². The van der Waals surface area contributed by atoms with E-state index in [4.69, 9.17) is 10.6 Å². The minimum atomic E-state index is 0.632. The maximum atomic E-state index is 5.52. The molecule has 1 saturated carbocycles. The van der Waals surface area contributed by atoms with E-state index in [2.05, 4.69) is 20.2 Å². The normalized spacial score (nSPS) is 22.9. The third kappa shape index (κ3) is 3.55. The molecule has 3 N–H and O–H groups in total. The molecule has 1 aliphatic carbocycles. The lowest BCUT2D eigenvalue weighted by Gasteiger charge is -2.36. The van der Waals surface area contributed by atoms with E-state index in [1.54, 1.807) is 7.11 Å². The highest BCUT2D eigenvalue weighted by Crippen LogP contribution is 2.27. The van der Waals surface area contributed by atoms with Gasteiger partial charge in [0.15, 0.2) is 0 Å². The van der Waals surface area contributed by atoms with Gasteiger partial charge in [-0.2, -0.15) is 0 Å². The number of hydrogen-bond donors (Lipinski definition) is 2. The van der Waals surface area contributed by atoms with Gasteiger partial charge in [-0.1, -0.05) is 0 Å². The molecular formula is C11H23N5O. The Bertz CT molecular complexity index is 259. The van der Waals surface area contributed by atoms with Crippen molar-refractivity contribution in [3.05, 3.63) is 0 Å². The van der Waals surface area contributed by atoms with Crippen LogP contribution in [0.25, 0.3) is 0 Å². The standard InChI is InChI=1S/C11H23N5O/c1-17-9-4-13-11(14-12)16-7-5-15(6-8-16)10-2-3-10/h10H,2-9,12H2,1H3,(H,13,14). The Kier molecular flexibility index (Phi) is 4.58. The fraction of sp³-hybridized carbons (Fsp3) is 0.909. The summed E-state index contributed by atoms with van der Waals surface area (Å²) in [4.78, 5) is 9.19. The Morgan fingerprint density at radius 1 is 1.35 bits per heavy atom. The predicted molar refractivity (Wildman–Crippen MR) is 67.7 cm³/mol. The zero-order chi connectivity index (χ0) is 12.1. The minimum Gasteiger partial charge on any atom is -0.383 e. The van der Waals surface area contributed by atoms with E-state index in [0.717, 1.165) is 38.2 Å². The molecule has 0 amide bonds. The van der Waals surface area contributed by atoms with Crippen molar-refractivity contribution in [2.45, 2.75) is 18.9 Å². The molecule has 0 spiro atoms. The number of aliphatic imine (C=N–C) groups is 1. The lowest BCUT2D eigenvalue weighted by Crippen LogP contribution is -2.54. The monoisotopic (exact) mass is 241 g/mol. The van der Waals surface area contributed by atoms with E-state index < -0.39 is 0 Å². The maximum absolute atomic E-state index is 5.52. The van der Waals surface area contributed by atoms with Gasteiger partial charge < -0.3 is 9.64 Å². The van der Waals surface area contributed by atoms with Crippen LogP contribution in [-0.2, 0) is 4.74 Å². The first-order chi connectivity index (χ1) is 8.35. The second-order valence-electron chi connectivity index (χ2n) is 4.60. The van der Waals surface area contributed by atoms with Gasteiger partial charge in [-0.15, -0.1) is 0 Å². The smallest absolute Gasteiger partial charge is 0.208 e. The molecule has 0 bridgehead atoms. The molecule has 0 atom stereocenters. The number of guanidine groups is 1. The van der Waals surface area contributed by atoms with Crippen molar-refractivity contribution in [3.63, 3.8) is 0 Å². The molecule has 1 aliphatic heterocycles. The molecule has 6 heteroatoms. The van der Waals surface area contributed by atoms with E-state index in [-0.39, 0.29) is 0 Å². The van der Waals surface area contributed by atoms with E-state index in [9.17, 15) is 0 Å². The van der Waals surface area contributed by atoms with Crippen LogP contribution in [0.2, 0.25) is 0 Å². The summed E-state index contributed by atoms with van der Waals surface area (Å²) in [5, 5.41) is 0. The Balaban J connectivity index is 1.78. The molecule has 98 valence electrons. The second kappa shape index (κ2) is 6.18. The van der Waals surface area contributed by atoms with Crippen LogP contribution in [0.1, 0.15) is 12.8 Å². The van der Waals surface area contributed by atoms with E-state index in [1.807, 2.05) is 0 Å². The fourth-order valence-electron chi connectivity index (χ4n) is 2.22. The van der Waals surface area contributed by atoms with Gasteiger partial charge in [0.25, 0.3) is 0 Å². The summed E-state index contributed by atoms with van der Waals surface area (Å²) >= 11 is 0. The largest absolute Gasteiger partial charge is 0.383 e. The number of hydrazine groups is 1. The molecule has 2 rings (SSSR count). The van der Waals surface area contributed by atoms with Crippen LogP contribution in [-0.4, -0.2) is 68.2 Å². The highest BCUT2D eigenvalue weighted by atomic mass is 16.5. The SMILES string of the molecule is COCCN=C(NN)N1CCN(C2CC2)CC1. The van der Waals surface area contributed by atoms with Crippen molar-refractivity contribution in [3.8, 4) is 0 Å². The van der Waals surface area contributed by atoms with E-state index in [0.29, 0.717) is 13.2 Å². The topological polar surface area (TPSA) is 66.1 Å². The van der Waals surface area contributed by atoms with Gasteiger partial charge in [0, 0.05) is 39.3 Å². The zero-order valence-corrected chi connectivity index (χ0v) is 10.6. The molecule has 0 aromatic rings. The fourth-order valence-corrected chi connectivity index (χ4v) is 2.22. The first kappa shape index (κ1) is 12.6. The third-order valence-corrected chi connectivity index (χ3v) is 3.36. The lowest BCUT2D eigenvalue weighted by atomic mass is 10.3. The van der Waals surface area contributed by atoms with Gasteiger partial charge in [0.2, 0.25) is 5.96 Å². The second-order valence-corrected chi connectivity index (χ2v) is 4.60. The average molecular weight is 241 g/mol. The summed E-state index contributed by atoms with van der Waals surface area (Å²) in [5.74, 6) is 6.31. The van der Waals surface area contributed by atoms with Gasteiger partial charge in [-0.3, -0.25) is 10.3 Å². The molecular weight excluding hydrogens is 218 g/mol. The zero-order valence-electron chi connectivity index (χ0n) is 10.6. The van der Waals surface area contributed by atoms with Gasteiger partial charge in [0.05, 0.1) is 13.2 Å². The molecule has 0 aromatic heterocycles. The Hall–Kier alpha value is -0.850. The molecule has 6 nitrogen and oxygen atoms in total. The predicted octanol–water partition coefficient (Wildman–Crippen LogP) is -0.768. The number of methoxy groups -OCH3 is 1. The van der Waals surface area contributed by atoms with Crippen molar-refractivity contribution in [2.24, 2.45) is 10.8 Å². The van der Waals surface area contributed by atoms with Gasteiger partial charge in [0.1, 0.15) is 0 Å². The Morgan fingerprint density at radius 3 is 2.59 bits per heavy atom. The van der Waals surface area contributed by atoms with Crippen LogP contribution in [0.3, 0.4) is 0 Å². The molecule has 2 fully saturated rings. The van der Waals surface area contributed by atoms with Crippen molar-refractivity contribution < 1.29 is 4.74 Å². The highest BCUT2D eigenvalue weighted by Gasteiger charge is 2.31. The minimum absolute atomic E-state index is 0.632. The van der Waals surface area contributed by atoms with Gasteiger partial charge in [-0.25, -0.2) is 10.8 Å². The van der Waals surface area contributed by atoms with Crippen LogP contribution in [0, 0.1) is 0 Å². The number of nitrogens with zero attached hydrogens (tertiary/aromatic N) is 3. The van der Waals surface area contributed by atoms with Gasteiger partial charge in [-0.05, 0) is 12.8 Å². The Labute approximate surface area is 103 Å². The van der Waals surface area contributed by atoms with Crippen molar-refractivity contribution in [1.82, 2.24) is 15.2 Å². The third-order valence-electron chi connectivity index (χ3n) is 3.36. The number of nitrogens with one attached hydrogen (secondary N) is 1. The Morgan fingerprint density at radius 2 is 2.06 bits per heavy atom. The van der Waals surface area contributed by atoms with Crippen LogP contribution < -0.4 is 11.3 Å². The molecule has 0 unspecified atom stereocenters. The van der Waals surface area contributed by atoms with Crippen molar-refractivity contribution in [1.29, 1.82) is 0 Å². The van der Waals surface area contributed by atoms with Crippen molar-refractivity contribution in [2.75, 3.05) is 46.4 Å². The molecule has 1 saturated heterocycles. The number of piperazine rings is 1. The molecule has 1 heterocycles. The number of rotatable bonds is 4. The summed E-state index contributed by atoms with van der Waals surface area (Å²) in [6.07, 6.45) is 2.76. The van der Waals surface area contributed by atoms with E-state index in [1.165, 1.54) is 12.8 Å². The maximum Gasteiger partial charge on any atom is 0.208 e. The number of nitrogens with two attached hydrogens (primary N) is 1. The molecule has 0 aromatic carbocycles. The number of hydrogen-bond acceptors (Lipinski definition) is 4. The lowest BCUT2D eigenvalue weighted by molar-refractivity contribution is 0.170. The summed E-state index contributed by atoms with van der Waals surface area (Å²) in [7, 11) is 1.68. The molecule has 0 radical (unpaired) electrons. The number of ether oxygens (including phenoxy) is 1. The summed E-state index contributed by atoms with van der Waals surface area (Å²) in [6, 6.07) is 0.858. The van der Waals surface area contributed by atoms with Crippen molar-refractivity contribution >= 4 is 5.96 Å². The van der Waals surface area contributed by atoms with Crippen LogP contribution in [0.5, 0.6) is 0 Å². The average Bonchev–Trinajstić information content (AvgIpc) is 3.19. The first-order valence-electron chi connectivity index (χ1n) is 6.34. The first-order valence-corrected chi connectivity index (χ1v) is 6.34. The quantitative estimate of drug-likeness (QED) is 0.222.